The van der Waals surface area contributed by atoms with Crippen LogP contribution in [0.3, 0.4) is 0 Å². The Bertz CT molecular complexity index is 867. The maximum atomic E-state index is 10.7. The molecule has 0 bridgehead atoms. The molecule has 1 aromatic heterocycles. The molecule has 0 atom stereocenters. The van der Waals surface area contributed by atoms with Gasteiger partial charge in [-0.1, -0.05) is 0 Å². The van der Waals surface area contributed by atoms with E-state index in [1.807, 2.05) is 27.7 Å². The van der Waals surface area contributed by atoms with Crippen LogP contribution in [0.1, 0.15) is 27.7 Å². The second-order valence-electron chi connectivity index (χ2n) is 6.77. The van der Waals surface area contributed by atoms with E-state index >= 15 is 0 Å². The number of thiazole rings is 1. The van der Waals surface area contributed by atoms with E-state index in [0.29, 0.717) is 11.2 Å². The number of nitrogens with zero attached hydrogens (tertiary/aromatic N) is 4. The largest absolute Gasteiger partial charge is 0.508 e. The first-order valence-electron chi connectivity index (χ1n) is 7.79. The van der Waals surface area contributed by atoms with Crippen molar-refractivity contribution in [1.82, 2.24) is 4.98 Å². The van der Waals surface area contributed by atoms with Crippen LogP contribution in [-0.4, -0.2) is 33.3 Å². The summed E-state index contributed by atoms with van der Waals surface area (Å²) < 4.78 is 12.0. The summed E-state index contributed by atoms with van der Waals surface area (Å²) in [6.07, 6.45) is 1.13. The molecule has 1 aliphatic rings. The Morgan fingerprint density at radius 3 is 2.46 bits per heavy atom. The van der Waals surface area contributed by atoms with E-state index in [4.69, 9.17) is 9.31 Å². The molecular formula is C15H17BN4O5S. The quantitative estimate of drug-likeness (QED) is 0.378. The molecule has 0 amide bonds. The van der Waals surface area contributed by atoms with Crippen molar-refractivity contribution in [3.8, 4) is 5.75 Å². The Morgan fingerprint density at radius 1 is 1.23 bits per heavy atom. The van der Waals surface area contributed by atoms with Gasteiger partial charge in [0.2, 0.25) is 5.13 Å². The summed E-state index contributed by atoms with van der Waals surface area (Å²) in [6, 6.07) is 4.54. The SMILES string of the molecule is CC1(C)OB(c2cc(O)ccc2N=Nc2ncc([N+](=O)[O-])s2)OC1(C)C. The van der Waals surface area contributed by atoms with Gasteiger partial charge >= 0.3 is 12.1 Å². The molecule has 0 spiro atoms. The van der Waals surface area contributed by atoms with E-state index in [9.17, 15) is 15.2 Å². The highest BCUT2D eigenvalue weighted by Gasteiger charge is 2.52. The van der Waals surface area contributed by atoms with E-state index in [0.717, 1.165) is 17.5 Å². The van der Waals surface area contributed by atoms with Gasteiger partial charge in [-0.2, -0.15) is 0 Å². The normalized spacial score (nSPS) is 18.5. The Hall–Kier alpha value is -2.37. The van der Waals surface area contributed by atoms with Gasteiger partial charge in [-0.3, -0.25) is 10.1 Å². The lowest BCUT2D eigenvalue weighted by molar-refractivity contribution is -0.380. The fraction of sp³-hybridized carbons (Fsp3) is 0.400. The molecule has 1 aliphatic heterocycles. The number of rotatable bonds is 4. The number of phenols is 1. The summed E-state index contributed by atoms with van der Waals surface area (Å²) in [7, 11) is -0.730. The van der Waals surface area contributed by atoms with Gasteiger partial charge < -0.3 is 14.4 Å². The highest BCUT2D eigenvalue weighted by Crippen LogP contribution is 2.37. The Labute approximate surface area is 154 Å². The van der Waals surface area contributed by atoms with Crippen LogP contribution in [0.15, 0.2) is 34.6 Å². The maximum absolute atomic E-state index is 10.7. The lowest BCUT2D eigenvalue weighted by Gasteiger charge is -2.32. The number of aromatic nitrogens is 1. The minimum Gasteiger partial charge on any atom is -0.508 e. The van der Waals surface area contributed by atoms with Crippen molar-refractivity contribution < 1.29 is 19.3 Å². The van der Waals surface area contributed by atoms with Gasteiger partial charge in [0.1, 0.15) is 11.9 Å². The molecule has 11 heteroatoms. The summed E-state index contributed by atoms with van der Waals surface area (Å²) >= 11 is 0.819. The lowest BCUT2D eigenvalue weighted by Crippen LogP contribution is -2.41. The number of aromatic hydroxyl groups is 1. The predicted octanol–water partition coefficient (Wildman–Crippen LogP) is 3.47. The molecule has 0 saturated carbocycles. The summed E-state index contributed by atoms with van der Waals surface area (Å²) in [5.41, 5.74) is -0.168. The molecule has 9 nitrogen and oxygen atoms in total. The molecule has 1 fully saturated rings. The monoisotopic (exact) mass is 376 g/mol. The number of hydrogen-bond donors (Lipinski definition) is 1. The first-order valence-corrected chi connectivity index (χ1v) is 8.61. The third-order valence-corrected chi connectivity index (χ3v) is 5.26. The van der Waals surface area contributed by atoms with Crippen LogP contribution >= 0.6 is 11.3 Å². The zero-order valence-corrected chi connectivity index (χ0v) is 15.5. The first-order chi connectivity index (χ1) is 12.1. The van der Waals surface area contributed by atoms with Crippen LogP contribution in [-0.2, 0) is 9.31 Å². The average molecular weight is 376 g/mol. The number of hydrogen-bond acceptors (Lipinski definition) is 9. The van der Waals surface area contributed by atoms with Crippen LogP contribution < -0.4 is 5.46 Å². The number of benzene rings is 1. The molecule has 1 aromatic carbocycles. The van der Waals surface area contributed by atoms with Crippen molar-refractivity contribution in [2.24, 2.45) is 10.2 Å². The number of azo groups is 1. The molecule has 2 heterocycles. The highest BCUT2D eigenvalue weighted by atomic mass is 32.1. The Balaban J connectivity index is 1.91. The summed E-state index contributed by atoms with van der Waals surface area (Å²) in [4.78, 5) is 14.0. The van der Waals surface area contributed by atoms with Crippen molar-refractivity contribution in [3.63, 3.8) is 0 Å². The molecule has 3 rings (SSSR count). The van der Waals surface area contributed by atoms with Crippen LogP contribution in [0.25, 0.3) is 0 Å². The molecule has 0 radical (unpaired) electrons. The summed E-state index contributed by atoms with van der Waals surface area (Å²) in [5.74, 6) is 0.0403. The fourth-order valence-corrected chi connectivity index (χ4v) is 2.83. The fourth-order valence-electron chi connectivity index (χ4n) is 2.28. The number of nitro groups is 1. The first kappa shape index (κ1) is 18.4. The lowest BCUT2D eigenvalue weighted by atomic mass is 9.78. The smallest absolute Gasteiger partial charge is 0.497 e. The van der Waals surface area contributed by atoms with E-state index in [2.05, 4.69) is 15.2 Å². The van der Waals surface area contributed by atoms with Gasteiger partial charge in [0.15, 0.2) is 0 Å². The molecule has 0 aliphatic carbocycles. The predicted molar refractivity (Wildman–Crippen MR) is 96.8 cm³/mol. The van der Waals surface area contributed by atoms with Crippen molar-refractivity contribution in [3.05, 3.63) is 34.5 Å². The molecule has 26 heavy (non-hydrogen) atoms. The van der Waals surface area contributed by atoms with E-state index in [1.165, 1.54) is 12.1 Å². The third-order valence-electron chi connectivity index (χ3n) is 4.42. The van der Waals surface area contributed by atoms with Crippen molar-refractivity contribution in [2.75, 3.05) is 0 Å². The van der Waals surface area contributed by atoms with E-state index < -0.39 is 23.2 Å². The Morgan fingerprint density at radius 2 is 1.88 bits per heavy atom. The van der Waals surface area contributed by atoms with Crippen molar-refractivity contribution in [2.45, 2.75) is 38.9 Å². The molecule has 136 valence electrons. The summed E-state index contributed by atoms with van der Waals surface area (Å²) in [6.45, 7) is 7.69. The molecule has 1 N–H and O–H groups in total. The average Bonchev–Trinajstić information content (AvgIpc) is 3.09. The standard InChI is InChI=1S/C15H17BN4O5S/c1-14(2)15(3,4)25-16(24-14)10-7-9(21)5-6-11(10)18-19-13-17-8-12(26-13)20(22)23/h5-8,21H,1-4H3. The van der Waals surface area contributed by atoms with Crippen LogP contribution in [0.5, 0.6) is 5.75 Å². The molecular weight excluding hydrogens is 359 g/mol. The van der Waals surface area contributed by atoms with Gasteiger partial charge in [-0.25, -0.2) is 4.98 Å². The van der Waals surface area contributed by atoms with Gasteiger partial charge in [-0.05, 0) is 57.2 Å². The van der Waals surface area contributed by atoms with Crippen LogP contribution in [0.2, 0.25) is 0 Å². The topological polar surface area (TPSA) is 119 Å². The van der Waals surface area contributed by atoms with Crippen LogP contribution in [0.4, 0.5) is 15.8 Å². The zero-order valence-electron chi connectivity index (χ0n) is 14.7. The van der Waals surface area contributed by atoms with E-state index in [1.54, 1.807) is 6.07 Å². The van der Waals surface area contributed by atoms with E-state index in [-0.39, 0.29) is 15.9 Å². The Kier molecular flexibility index (Phi) is 4.55. The molecule has 0 unspecified atom stereocenters. The minimum atomic E-state index is -0.730. The summed E-state index contributed by atoms with van der Waals surface area (Å²) in [5, 5.41) is 28.7. The minimum absolute atomic E-state index is 0.0403. The van der Waals surface area contributed by atoms with Gasteiger partial charge in [0.05, 0.1) is 21.8 Å². The third kappa shape index (κ3) is 3.46. The van der Waals surface area contributed by atoms with Gasteiger partial charge in [0, 0.05) is 5.46 Å². The number of phenolic OH excluding ortho intramolecular Hbond substituents is 1. The zero-order chi connectivity index (χ0) is 19.1. The van der Waals surface area contributed by atoms with Crippen molar-refractivity contribution in [1.29, 1.82) is 0 Å². The molecule has 2 aromatic rings. The molecule has 1 saturated heterocycles. The van der Waals surface area contributed by atoms with Crippen molar-refractivity contribution >= 4 is 39.7 Å². The van der Waals surface area contributed by atoms with Crippen LogP contribution in [0, 0.1) is 10.1 Å². The second kappa shape index (κ2) is 6.42. The van der Waals surface area contributed by atoms with Gasteiger partial charge in [-0.15, -0.1) is 10.2 Å². The highest BCUT2D eigenvalue weighted by molar-refractivity contribution is 7.18. The maximum Gasteiger partial charge on any atom is 0.497 e. The van der Waals surface area contributed by atoms with Gasteiger partial charge in [0.25, 0.3) is 0 Å². The second-order valence-corrected chi connectivity index (χ2v) is 7.76.